The second-order valence-corrected chi connectivity index (χ2v) is 5.78. The zero-order valence-electron chi connectivity index (χ0n) is 14.2. The van der Waals surface area contributed by atoms with Crippen molar-refractivity contribution < 1.29 is 18.4 Å². The van der Waals surface area contributed by atoms with Gasteiger partial charge >= 0.3 is 0 Å². The predicted octanol–water partition coefficient (Wildman–Crippen LogP) is 4.33. The smallest absolute Gasteiger partial charge is 0.241 e. The number of amides is 2. The molecule has 0 spiro atoms. The van der Waals surface area contributed by atoms with Crippen LogP contribution in [0.4, 0.5) is 20.2 Å². The van der Waals surface area contributed by atoms with Gasteiger partial charge in [-0.3, -0.25) is 9.59 Å². The molecule has 0 atom stereocenters. The number of carbonyl (C=O) groups excluding carboxylic acids is 2. The lowest BCUT2D eigenvalue weighted by atomic mass is 9.97. The summed E-state index contributed by atoms with van der Waals surface area (Å²) in [5.74, 6) is -3.97. The lowest BCUT2D eigenvalue weighted by Crippen LogP contribution is -2.32. The summed E-state index contributed by atoms with van der Waals surface area (Å²) in [6, 6.07) is 19.6. The summed E-state index contributed by atoms with van der Waals surface area (Å²) in [5.41, 5.74) is 0.324. The van der Waals surface area contributed by atoms with Gasteiger partial charge in [-0.15, -0.1) is 0 Å². The van der Waals surface area contributed by atoms with Crippen LogP contribution in [0, 0.1) is 11.6 Å². The Morgan fingerprint density at radius 1 is 0.630 bits per heavy atom. The van der Waals surface area contributed by atoms with E-state index in [1.54, 1.807) is 42.5 Å². The number of hydrogen-bond acceptors (Lipinski definition) is 2. The Morgan fingerprint density at radius 3 is 1.48 bits per heavy atom. The fourth-order valence-electron chi connectivity index (χ4n) is 2.60. The molecule has 136 valence electrons. The summed E-state index contributed by atoms with van der Waals surface area (Å²) in [6.07, 6.45) is 0. The molecule has 3 aromatic carbocycles. The molecule has 0 bridgehead atoms. The van der Waals surface area contributed by atoms with Crippen molar-refractivity contribution in [2.75, 3.05) is 10.6 Å². The van der Waals surface area contributed by atoms with Gasteiger partial charge in [0.2, 0.25) is 11.8 Å². The van der Waals surface area contributed by atoms with Crippen LogP contribution in [0.15, 0.2) is 78.9 Å². The molecule has 0 saturated heterocycles. The van der Waals surface area contributed by atoms with Crippen molar-refractivity contribution >= 4 is 23.2 Å². The van der Waals surface area contributed by atoms with Gasteiger partial charge in [0.05, 0.1) is 11.4 Å². The van der Waals surface area contributed by atoms with E-state index in [1.165, 1.54) is 36.4 Å². The van der Waals surface area contributed by atoms with Crippen LogP contribution in [0.5, 0.6) is 0 Å². The standard InChI is InChI=1S/C21H16F2N2O2/c22-15-10-4-6-12-17(15)24-20(26)19(14-8-2-1-3-9-14)21(27)25-18-13-7-5-11-16(18)23/h1-13,19H,(H,24,26)(H,25,27). The Bertz CT molecular complexity index is 902. The normalized spacial score (nSPS) is 10.5. The maximum absolute atomic E-state index is 13.9. The van der Waals surface area contributed by atoms with Crippen LogP contribution >= 0.6 is 0 Å². The first-order valence-electron chi connectivity index (χ1n) is 8.22. The third-order valence-corrected chi connectivity index (χ3v) is 3.92. The fourth-order valence-corrected chi connectivity index (χ4v) is 2.60. The van der Waals surface area contributed by atoms with Gasteiger partial charge in [-0.25, -0.2) is 8.78 Å². The van der Waals surface area contributed by atoms with Crippen LogP contribution in [0.2, 0.25) is 0 Å². The van der Waals surface area contributed by atoms with Crippen molar-refractivity contribution in [2.45, 2.75) is 5.92 Å². The molecular formula is C21H16F2N2O2. The van der Waals surface area contributed by atoms with E-state index < -0.39 is 29.4 Å². The van der Waals surface area contributed by atoms with Gasteiger partial charge in [-0.2, -0.15) is 0 Å². The summed E-state index contributed by atoms with van der Waals surface area (Å²) in [5, 5.41) is 4.84. The minimum atomic E-state index is -1.29. The highest BCUT2D eigenvalue weighted by molar-refractivity contribution is 6.15. The maximum Gasteiger partial charge on any atom is 0.241 e. The molecule has 0 aliphatic carbocycles. The molecule has 0 fully saturated rings. The third-order valence-electron chi connectivity index (χ3n) is 3.92. The van der Waals surface area contributed by atoms with Crippen LogP contribution in [-0.2, 0) is 9.59 Å². The van der Waals surface area contributed by atoms with Crippen LogP contribution in [0.1, 0.15) is 11.5 Å². The molecule has 2 amide bonds. The molecule has 27 heavy (non-hydrogen) atoms. The third kappa shape index (κ3) is 4.36. The van der Waals surface area contributed by atoms with E-state index in [0.717, 1.165) is 0 Å². The van der Waals surface area contributed by atoms with Crippen molar-refractivity contribution in [3.8, 4) is 0 Å². The minimum absolute atomic E-state index is 0.0397. The van der Waals surface area contributed by atoms with Gasteiger partial charge in [-0.05, 0) is 29.8 Å². The topological polar surface area (TPSA) is 58.2 Å². The second-order valence-electron chi connectivity index (χ2n) is 5.78. The fraction of sp³-hybridized carbons (Fsp3) is 0.0476. The summed E-state index contributed by atoms with van der Waals surface area (Å²) in [7, 11) is 0. The number of nitrogens with one attached hydrogen (secondary N) is 2. The zero-order chi connectivity index (χ0) is 19.2. The van der Waals surface area contributed by atoms with Crippen LogP contribution in [0.3, 0.4) is 0 Å². The van der Waals surface area contributed by atoms with E-state index in [-0.39, 0.29) is 11.4 Å². The van der Waals surface area contributed by atoms with E-state index in [1.807, 2.05) is 0 Å². The van der Waals surface area contributed by atoms with Crippen molar-refractivity contribution in [2.24, 2.45) is 0 Å². The summed E-state index contributed by atoms with van der Waals surface area (Å²) in [6.45, 7) is 0. The summed E-state index contributed by atoms with van der Waals surface area (Å²) in [4.78, 5) is 25.5. The Labute approximate surface area is 154 Å². The first-order chi connectivity index (χ1) is 13.1. The van der Waals surface area contributed by atoms with Crippen molar-refractivity contribution in [3.05, 3.63) is 96.1 Å². The monoisotopic (exact) mass is 366 g/mol. The van der Waals surface area contributed by atoms with Gasteiger partial charge in [0.25, 0.3) is 0 Å². The van der Waals surface area contributed by atoms with Crippen LogP contribution in [-0.4, -0.2) is 11.8 Å². The highest BCUT2D eigenvalue weighted by Crippen LogP contribution is 2.23. The average Bonchev–Trinajstić information content (AvgIpc) is 2.66. The van der Waals surface area contributed by atoms with Crippen molar-refractivity contribution in [1.29, 1.82) is 0 Å². The molecular weight excluding hydrogens is 350 g/mol. The predicted molar refractivity (Wildman–Crippen MR) is 99.2 cm³/mol. The molecule has 0 heterocycles. The second kappa shape index (κ2) is 8.23. The van der Waals surface area contributed by atoms with E-state index >= 15 is 0 Å². The lowest BCUT2D eigenvalue weighted by Gasteiger charge is -2.17. The van der Waals surface area contributed by atoms with E-state index in [2.05, 4.69) is 10.6 Å². The SMILES string of the molecule is O=C(Nc1ccccc1F)C(C(=O)Nc1ccccc1F)c1ccccc1. The van der Waals surface area contributed by atoms with Gasteiger partial charge < -0.3 is 10.6 Å². The zero-order valence-corrected chi connectivity index (χ0v) is 14.2. The Kier molecular flexibility index (Phi) is 5.56. The molecule has 0 unspecified atom stereocenters. The molecule has 6 heteroatoms. The molecule has 4 nitrogen and oxygen atoms in total. The van der Waals surface area contributed by atoms with Gasteiger partial charge in [0.15, 0.2) is 0 Å². The molecule has 0 aromatic heterocycles. The highest BCUT2D eigenvalue weighted by atomic mass is 19.1. The number of hydrogen-bond donors (Lipinski definition) is 2. The maximum atomic E-state index is 13.9. The highest BCUT2D eigenvalue weighted by Gasteiger charge is 2.29. The molecule has 0 aliphatic heterocycles. The lowest BCUT2D eigenvalue weighted by molar-refractivity contribution is -0.126. The molecule has 2 N–H and O–H groups in total. The van der Waals surface area contributed by atoms with Gasteiger partial charge in [0.1, 0.15) is 17.6 Å². The number of anilines is 2. The molecule has 0 aliphatic rings. The van der Waals surface area contributed by atoms with Crippen LogP contribution in [0.25, 0.3) is 0 Å². The summed E-state index contributed by atoms with van der Waals surface area (Å²) < 4.78 is 27.7. The Hall–Kier alpha value is -3.54. The van der Waals surface area contributed by atoms with E-state index in [0.29, 0.717) is 5.56 Å². The number of rotatable bonds is 5. The molecule has 0 saturated carbocycles. The average molecular weight is 366 g/mol. The van der Waals surface area contributed by atoms with E-state index in [9.17, 15) is 18.4 Å². The van der Waals surface area contributed by atoms with E-state index in [4.69, 9.17) is 0 Å². The number of benzene rings is 3. The number of para-hydroxylation sites is 2. The Morgan fingerprint density at radius 2 is 1.04 bits per heavy atom. The molecule has 3 aromatic rings. The molecule has 3 rings (SSSR count). The Balaban J connectivity index is 1.89. The minimum Gasteiger partial charge on any atom is -0.323 e. The number of carbonyl (C=O) groups is 2. The van der Waals surface area contributed by atoms with Crippen molar-refractivity contribution in [3.63, 3.8) is 0 Å². The van der Waals surface area contributed by atoms with Gasteiger partial charge in [-0.1, -0.05) is 54.6 Å². The quantitative estimate of drug-likeness (QED) is 0.661. The van der Waals surface area contributed by atoms with Gasteiger partial charge in [0, 0.05) is 0 Å². The number of halogens is 2. The first-order valence-corrected chi connectivity index (χ1v) is 8.22. The largest absolute Gasteiger partial charge is 0.323 e. The van der Waals surface area contributed by atoms with Crippen LogP contribution < -0.4 is 10.6 Å². The first kappa shape index (κ1) is 18.3. The molecule has 0 radical (unpaired) electrons. The van der Waals surface area contributed by atoms with Crippen molar-refractivity contribution in [1.82, 2.24) is 0 Å². The summed E-state index contributed by atoms with van der Waals surface area (Å²) >= 11 is 0.